The van der Waals surface area contributed by atoms with Crippen LogP contribution < -0.4 is 4.90 Å². The van der Waals surface area contributed by atoms with Crippen LogP contribution in [0.25, 0.3) is 0 Å². The van der Waals surface area contributed by atoms with E-state index >= 15 is 0 Å². The summed E-state index contributed by atoms with van der Waals surface area (Å²) in [5.41, 5.74) is -5.08. The normalized spacial score (nSPS) is 15.1. The second kappa shape index (κ2) is 5.99. The first-order valence-electron chi connectivity index (χ1n) is 7.01. The standard InChI is InChI=1S/C14H11F3N2O4S2/c15-14(16,17)25(22,23)10-1-2-11(12(7-10)19(20)21)18-5-3-13-9(8-18)4-6-24-13/h1-2,4,6-7H,3,5,8H2. The molecule has 6 nitrogen and oxygen atoms in total. The van der Waals surface area contributed by atoms with Crippen LogP contribution in [0.3, 0.4) is 0 Å². The Kier molecular flexibility index (Phi) is 4.23. The summed E-state index contributed by atoms with van der Waals surface area (Å²) in [5.74, 6) is 0. The van der Waals surface area contributed by atoms with Crippen molar-refractivity contribution in [3.63, 3.8) is 0 Å². The maximum absolute atomic E-state index is 12.7. The van der Waals surface area contributed by atoms with Crippen LogP contribution in [0.1, 0.15) is 10.4 Å². The van der Waals surface area contributed by atoms with Crippen molar-refractivity contribution < 1.29 is 26.5 Å². The molecule has 0 saturated carbocycles. The number of nitrogens with zero attached hydrogens (tertiary/aromatic N) is 2. The van der Waals surface area contributed by atoms with Crippen LogP contribution in [-0.2, 0) is 22.8 Å². The molecule has 0 atom stereocenters. The highest BCUT2D eigenvalue weighted by molar-refractivity contribution is 7.92. The second-order valence-corrected chi connectivity index (χ2v) is 8.34. The van der Waals surface area contributed by atoms with Gasteiger partial charge in [-0.15, -0.1) is 11.3 Å². The van der Waals surface area contributed by atoms with Gasteiger partial charge in [0.25, 0.3) is 15.5 Å². The van der Waals surface area contributed by atoms with Gasteiger partial charge >= 0.3 is 5.51 Å². The molecule has 1 aliphatic rings. The third-order valence-corrected chi connectivity index (χ3v) is 6.41. The molecule has 134 valence electrons. The molecule has 0 unspecified atom stereocenters. The fourth-order valence-corrected chi connectivity index (χ4v) is 4.34. The quantitative estimate of drug-likeness (QED) is 0.590. The zero-order valence-corrected chi connectivity index (χ0v) is 14.1. The van der Waals surface area contributed by atoms with E-state index in [2.05, 4.69) is 0 Å². The van der Waals surface area contributed by atoms with Crippen LogP contribution in [0.5, 0.6) is 0 Å². The molecule has 0 bridgehead atoms. The van der Waals surface area contributed by atoms with Crippen molar-refractivity contribution in [1.82, 2.24) is 0 Å². The Balaban J connectivity index is 2.04. The van der Waals surface area contributed by atoms with Gasteiger partial charge in [0.2, 0.25) is 0 Å². The lowest BCUT2D eigenvalue weighted by atomic mass is 10.1. The van der Waals surface area contributed by atoms with Crippen molar-refractivity contribution >= 4 is 32.5 Å². The van der Waals surface area contributed by atoms with E-state index < -0.39 is 30.9 Å². The first kappa shape index (κ1) is 17.7. The van der Waals surface area contributed by atoms with E-state index in [-0.39, 0.29) is 5.69 Å². The van der Waals surface area contributed by atoms with Crippen molar-refractivity contribution in [2.45, 2.75) is 23.4 Å². The molecule has 0 aliphatic carbocycles. The fourth-order valence-electron chi connectivity index (χ4n) is 2.67. The molecule has 0 radical (unpaired) electrons. The molecule has 25 heavy (non-hydrogen) atoms. The van der Waals surface area contributed by atoms with Crippen molar-refractivity contribution in [3.05, 3.63) is 50.2 Å². The molecule has 2 aromatic rings. The minimum absolute atomic E-state index is 0.1000. The number of alkyl halides is 3. The number of rotatable bonds is 3. The van der Waals surface area contributed by atoms with E-state index in [0.29, 0.717) is 25.6 Å². The van der Waals surface area contributed by atoms with Gasteiger partial charge in [0.05, 0.1) is 9.82 Å². The Morgan fingerprint density at radius 1 is 1.24 bits per heavy atom. The number of nitro benzene ring substituents is 1. The molecule has 1 aliphatic heterocycles. The van der Waals surface area contributed by atoms with Crippen LogP contribution in [0.4, 0.5) is 24.5 Å². The number of anilines is 1. The molecule has 1 aromatic carbocycles. The van der Waals surface area contributed by atoms with Crippen molar-refractivity contribution in [3.8, 4) is 0 Å². The van der Waals surface area contributed by atoms with E-state index in [1.54, 1.807) is 16.2 Å². The zero-order valence-electron chi connectivity index (χ0n) is 12.5. The Morgan fingerprint density at radius 2 is 1.96 bits per heavy atom. The highest BCUT2D eigenvalue weighted by Gasteiger charge is 2.47. The predicted molar refractivity (Wildman–Crippen MR) is 85.4 cm³/mol. The van der Waals surface area contributed by atoms with E-state index in [1.807, 2.05) is 11.4 Å². The number of nitro groups is 1. The summed E-state index contributed by atoms with van der Waals surface area (Å²) >= 11 is 1.58. The predicted octanol–water partition coefficient (Wildman–Crippen LogP) is 3.51. The number of halogens is 3. The lowest BCUT2D eigenvalue weighted by Crippen LogP contribution is -2.30. The van der Waals surface area contributed by atoms with Crippen LogP contribution in [-0.4, -0.2) is 25.4 Å². The number of thiophene rings is 1. The number of hydrogen-bond acceptors (Lipinski definition) is 6. The fraction of sp³-hybridized carbons (Fsp3) is 0.286. The molecule has 1 aromatic heterocycles. The third kappa shape index (κ3) is 3.09. The highest BCUT2D eigenvalue weighted by Crippen LogP contribution is 2.38. The summed E-state index contributed by atoms with van der Waals surface area (Å²) in [7, 11) is -5.64. The lowest BCUT2D eigenvalue weighted by Gasteiger charge is -2.28. The van der Waals surface area contributed by atoms with E-state index in [9.17, 15) is 31.7 Å². The van der Waals surface area contributed by atoms with Gasteiger partial charge in [0, 0.05) is 24.0 Å². The van der Waals surface area contributed by atoms with E-state index in [0.717, 1.165) is 22.6 Å². The van der Waals surface area contributed by atoms with Crippen LogP contribution in [0.2, 0.25) is 0 Å². The van der Waals surface area contributed by atoms with Crippen molar-refractivity contribution in [2.75, 3.05) is 11.4 Å². The average Bonchev–Trinajstić information content (AvgIpc) is 3.00. The van der Waals surface area contributed by atoms with Crippen molar-refractivity contribution in [1.29, 1.82) is 0 Å². The second-order valence-electron chi connectivity index (χ2n) is 5.40. The maximum Gasteiger partial charge on any atom is 0.501 e. The Morgan fingerprint density at radius 3 is 2.60 bits per heavy atom. The van der Waals surface area contributed by atoms with Crippen LogP contribution >= 0.6 is 11.3 Å². The monoisotopic (exact) mass is 392 g/mol. The zero-order chi connectivity index (χ0) is 18.4. The van der Waals surface area contributed by atoms with E-state index in [1.165, 1.54) is 0 Å². The van der Waals surface area contributed by atoms with Gasteiger partial charge < -0.3 is 4.90 Å². The van der Waals surface area contributed by atoms with Crippen LogP contribution in [0.15, 0.2) is 34.5 Å². The topological polar surface area (TPSA) is 80.5 Å². The molecule has 0 amide bonds. The molecule has 11 heteroatoms. The molecule has 0 saturated heterocycles. The molecule has 0 fully saturated rings. The van der Waals surface area contributed by atoms with Gasteiger partial charge in [-0.05, 0) is 35.6 Å². The molecule has 0 spiro atoms. The summed E-state index contributed by atoms with van der Waals surface area (Å²) in [4.78, 5) is 12.1. The Labute approximate surface area is 144 Å². The van der Waals surface area contributed by atoms with Crippen molar-refractivity contribution in [2.24, 2.45) is 0 Å². The van der Waals surface area contributed by atoms with E-state index in [4.69, 9.17) is 0 Å². The number of benzene rings is 1. The summed E-state index contributed by atoms with van der Waals surface area (Å²) in [6, 6.07) is 4.18. The van der Waals surface area contributed by atoms with Gasteiger partial charge in [-0.1, -0.05) is 0 Å². The SMILES string of the molecule is O=[N+]([O-])c1cc(S(=O)(=O)C(F)(F)F)ccc1N1CCc2sccc2C1. The molecule has 0 N–H and O–H groups in total. The molecule has 3 rings (SSSR count). The minimum atomic E-state index is -5.64. The van der Waals surface area contributed by atoms with Gasteiger partial charge in [0.15, 0.2) is 0 Å². The Bertz CT molecular complexity index is 938. The summed E-state index contributed by atoms with van der Waals surface area (Å²) in [5, 5.41) is 13.2. The van der Waals surface area contributed by atoms with Gasteiger partial charge in [-0.25, -0.2) is 8.42 Å². The largest absolute Gasteiger partial charge is 0.501 e. The smallest absolute Gasteiger partial charge is 0.361 e. The lowest BCUT2D eigenvalue weighted by molar-refractivity contribution is -0.384. The minimum Gasteiger partial charge on any atom is -0.361 e. The number of fused-ring (bicyclic) bond motifs is 1. The molecule has 2 heterocycles. The summed E-state index contributed by atoms with van der Waals surface area (Å²) < 4.78 is 61.0. The Hall–Kier alpha value is -2.14. The first-order chi connectivity index (χ1) is 11.6. The first-order valence-corrected chi connectivity index (χ1v) is 9.37. The summed E-state index contributed by atoms with van der Waals surface area (Å²) in [6.45, 7) is 0.838. The van der Waals surface area contributed by atoms with Gasteiger partial charge in [-0.3, -0.25) is 10.1 Å². The molecular weight excluding hydrogens is 381 g/mol. The number of sulfone groups is 1. The summed E-state index contributed by atoms with van der Waals surface area (Å²) in [6.07, 6.45) is 0.659. The third-order valence-electron chi connectivity index (χ3n) is 3.91. The number of hydrogen-bond donors (Lipinski definition) is 0. The maximum atomic E-state index is 12.7. The highest BCUT2D eigenvalue weighted by atomic mass is 32.2. The molecular formula is C14H11F3N2O4S2. The van der Waals surface area contributed by atoms with Gasteiger partial charge in [0.1, 0.15) is 5.69 Å². The average molecular weight is 392 g/mol. The van der Waals surface area contributed by atoms with Gasteiger partial charge in [-0.2, -0.15) is 13.2 Å². The van der Waals surface area contributed by atoms with Crippen LogP contribution in [0, 0.1) is 10.1 Å².